The van der Waals surface area contributed by atoms with Crippen molar-refractivity contribution in [1.82, 2.24) is 0 Å². The Morgan fingerprint density at radius 1 is 1.73 bits per heavy atom. The normalized spacial score (nSPS) is 10.6. The van der Waals surface area contributed by atoms with Crippen LogP contribution in [0.1, 0.15) is 18.9 Å². The van der Waals surface area contributed by atoms with Crippen LogP contribution in [0.3, 0.4) is 0 Å². The Bertz CT molecular complexity index is 242. The van der Waals surface area contributed by atoms with Crippen molar-refractivity contribution < 1.29 is 4.42 Å². The molecule has 1 aromatic heterocycles. The topological polar surface area (TPSA) is 13.1 Å². The van der Waals surface area contributed by atoms with E-state index >= 15 is 0 Å². The van der Waals surface area contributed by atoms with Gasteiger partial charge in [-0.3, -0.25) is 0 Å². The third-order valence-electron chi connectivity index (χ3n) is 1.32. The molecule has 1 rings (SSSR count). The third kappa shape index (κ3) is 2.89. The van der Waals surface area contributed by atoms with Crippen LogP contribution >= 0.6 is 0 Å². The molecule has 58 valence electrons. The average molecular weight is 148 g/mol. The predicted molar refractivity (Wildman–Crippen MR) is 47.2 cm³/mol. The third-order valence-corrected chi connectivity index (χ3v) is 1.32. The molecule has 11 heavy (non-hydrogen) atoms. The van der Waals surface area contributed by atoms with Gasteiger partial charge in [0, 0.05) is 5.56 Å². The van der Waals surface area contributed by atoms with E-state index in [9.17, 15) is 0 Å². The molecule has 0 bridgehead atoms. The molecule has 1 aromatic rings. The summed E-state index contributed by atoms with van der Waals surface area (Å²) in [6.45, 7) is 5.81. The first-order valence-corrected chi connectivity index (χ1v) is 3.62. The summed E-state index contributed by atoms with van der Waals surface area (Å²) in [4.78, 5) is 0. The first-order valence-electron chi connectivity index (χ1n) is 3.62. The SMILES string of the molecule is C=C(C)CC=Cc1ccoc1. The van der Waals surface area contributed by atoms with Gasteiger partial charge in [-0.05, 0) is 19.4 Å². The van der Waals surface area contributed by atoms with Gasteiger partial charge in [-0.2, -0.15) is 0 Å². The van der Waals surface area contributed by atoms with Gasteiger partial charge in [0.25, 0.3) is 0 Å². The number of furan rings is 1. The van der Waals surface area contributed by atoms with Crippen LogP contribution in [0, 0.1) is 0 Å². The quantitative estimate of drug-likeness (QED) is 0.599. The largest absolute Gasteiger partial charge is 0.472 e. The molecule has 0 aliphatic carbocycles. The van der Waals surface area contributed by atoms with E-state index in [1.54, 1.807) is 12.5 Å². The summed E-state index contributed by atoms with van der Waals surface area (Å²) < 4.78 is 4.90. The molecule has 0 aliphatic rings. The van der Waals surface area contributed by atoms with Crippen molar-refractivity contribution in [3.8, 4) is 0 Å². The van der Waals surface area contributed by atoms with Crippen molar-refractivity contribution >= 4 is 6.08 Å². The Balaban J connectivity index is 2.43. The van der Waals surface area contributed by atoms with E-state index in [1.165, 1.54) is 5.57 Å². The molecule has 0 saturated heterocycles. The van der Waals surface area contributed by atoms with Crippen LogP contribution in [0.2, 0.25) is 0 Å². The summed E-state index contributed by atoms with van der Waals surface area (Å²) in [6.07, 6.45) is 8.42. The predicted octanol–water partition coefficient (Wildman–Crippen LogP) is 3.26. The van der Waals surface area contributed by atoms with Crippen LogP contribution in [0.5, 0.6) is 0 Å². The zero-order valence-electron chi connectivity index (χ0n) is 6.71. The Hall–Kier alpha value is -1.24. The first kappa shape index (κ1) is 7.86. The van der Waals surface area contributed by atoms with Crippen molar-refractivity contribution in [2.45, 2.75) is 13.3 Å². The van der Waals surface area contributed by atoms with Gasteiger partial charge in [0.05, 0.1) is 12.5 Å². The van der Waals surface area contributed by atoms with Crippen LogP contribution in [0.25, 0.3) is 6.08 Å². The van der Waals surface area contributed by atoms with E-state index in [4.69, 9.17) is 4.42 Å². The van der Waals surface area contributed by atoms with Crippen LogP contribution in [-0.2, 0) is 0 Å². The summed E-state index contributed by atoms with van der Waals surface area (Å²) in [7, 11) is 0. The van der Waals surface area contributed by atoms with E-state index in [0.717, 1.165) is 12.0 Å². The molecule has 1 heteroatoms. The second-order valence-electron chi connectivity index (χ2n) is 2.62. The number of allylic oxidation sites excluding steroid dienone is 2. The van der Waals surface area contributed by atoms with Gasteiger partial charge < -0.3 is 4.42 Å². The second kappa shape index (κ2) is 3.81. The highest BCUT2D eigenvalue weighted by molar-refractivity contribution is 5.47. The van der Waals surface area contributed by atoms with Crippen molar-refractivity contribution in [1.29, 1.82) is 0 Å². The monoisotopic (exact) mass is 148 g/mol. The van der Waals surface area contributed by atoms with Gasteiger partial charge >= 0.3 is 0 Å². The van der Waals surface area contributed by atoms with Gasteiger partial charge in [0.2, 0.25) is 0 Å². The lowest BCUT2D eigenvalue weighted by Gasteiger charge is -1.87. The van der Waals surface area contributed by atoms with Crippen LogP contribution in [-0.4, -0.2) is 0 Å². The van der Waals surface area contributed by atoms with Crippen molar-refractivity contribution in [3.63, 3.8) is 0 Å². The van der Waals surface area contributed by atoms with Crippen molar-refractivity contribution in [2.75, 3.05) is 0 Å². The summed E-state index contributed by atoms with van der Waals surface area (Å²) in [5, 5.41) is 0. The number of hydrogen-bond donors (Lipinski definition) is 0. The fourth-order valence-corrected chi connectivity index (χ4v) is 0.766. The minimum atomic E-state index is 0.936. The fraction of sp³-hybridized carbons (Fsp3) is 0.200. The van der Waals surface area contributed by atoms with Gasteiger partial charge in [0.1, 0.15) is 0 Å². The lowest BCUT2D eigenvalue weighted by atomic mass is 10.2. The summed E-state index contributed by atoms with van der Waals surface area (Å²) >= 11 is 0. The van der Waals surface area contributed by atoms with Gasteiger partial charge in [-0.15, -0.1) is 0 Å². The molecule has 0 atom stereocenters. The zero-order chi connectivity index (χ0) is 8.10. The Morgan fingerprint density at radius 2 is 2.55 bits per heavy atom. The maximum atomic E-state index is 4.90. The summed E-state index contributed by atoms with van der Waals surface area (Å²) in [5.74, 6) is 0. The van der Waals surface area contributed by atoms with E-state index in [2.05, 4.69) is 12.7 Å². The Labute approximate surface area is 67.0 Å². The number of rotatable bonds is 3. The molecule has 0 unspecified atom stereocenters. The molecular weight excluding hydrogens is 136 g/mol. The van der Waals surface area contributed by atoms with Crippen LogP contribution in [0.15, 0.2) is 41.2 Å². The summed E-state index contributed by atoms with van der Waals surface area (Å²) in [6, 6.07) is 1.93. The molecule has 0 amide bonds. The lowest BCUT2D eigenvalue weighted by Crippen LogP contribution is -1.66. The molecule has 1 nitrogen and oxygen atoms in total. The highest BCUT2D eigenvalue weighted by Gasteiger charge is 1.85. The molecule has 0 N–H and O–H groups in total. The Morgan fingerprint density at radius 3 is 3.09 bits per heavy atom. The van der Waals surface area contributed by atoms with E-state index < -0.39 is 0 Å². The van der Waals surface area contributed by atoms with E-state index in [1.807, 2.05) is 19.1 Å². The molecular formula is C10H12O. The highest BCUT2D eigenvalue weighted by Crippen LogP contribution is 2.04. The highest BCUT2D eigenvalue weighted by atomic mass is 16.3. The summed E-state index contributed by atoms with van der Waals surface area (Å²) in [5.41, 5.74) is 2.27. The molecule has 0 aromatic carbocycles. The smallest absolute Gasteiger partial charge is 0.0974 e. The minimum absolute atomic E-state index is 0.936. The van der Waals surface area contributed by atoms with E-state index in [0.29, 0.717) is 0 Å². The molecule has 0 spiro atoms. The second-order valence-corrected chi connectivity index (χ2v) is 2.62. The molecule has 0 saturated carbocycles. The maximum Gasteiger partial charge on any atom is 0.0974 e. The maximum absolute atomic E-state index is 4.90. The number of hydrogen-bond acceptors (Lipinski definition) is 1. The first-order chi connectivity index (χ1) is 5.29. The van der Waals surface area contributed by atoms with E-state index in [-0.39, 0.29) is 0 Å². The molecule has 0 fully saturated rings. The fourth-order valence-electron chi connectivity index (χ4n) is 0.766. The standard InChI is InChI=1S/C10H12O/c1-9(2)4-3-5-10-6-7-11-8-10/h3,5-8H,1,4H2,2H3. The minimum Gasteiger partial charge on any atom is -0.472 e. The van der Waals surface area contributed by atoms with Gasteiger partial charge in [-0.25, -0.2) is 0 Å². The molecule has 0 aliphatic heterocycles. The zero-order valence-corrected chi connectivity index (χ0v) is 6.71. The lowest BCUT2D eigenvalue weighted by molar-refractivity contribution is 0.567. The van der Waals surface area contributed by atoms with Crippen LogP contribution in [0.4, 0.5) is 0 Å². The van der Waals surface area contributed by atoms with Gasteiger partial charge in [0.15, 0.2) is 0 Å². The molecule has 1 heterocycles. The van der Waals surface area contributed by atoms with Crippen LogP contribution < -0.4 is 0 Å². The Kier molecular flexibility index (Phi) is 2.73. The van der Waals surface area contributed by atoms with Gasteiger partial charge in [-0.1, -0.05) is 24.3 Å². The van der Waals surface area contributed by atoms with Crippen molar-refractivity contribution in [3.05, 3.63) is 42.4 Å². The molecule has 0 radical (unpaired) electrons. The van der Waals surface area contributed by atoms with Crippen molar-refractivity contribution in [2.24, 2.45) is 0 Å². The average Bonchev–Trinajstić information content (AvgIpc) is 2.39.